The Morgan fingerprint density at radius 1 is 1.41 bits per heavy atom. The van der Waals surface area contributed by atoms with E-state index < -0.39 is 5.97 Å². The minimum atomic E-state index is -1.08. The van der Waals surface area contributed by atoms with E-state index in [1.165, 1.54) is 30.0 Å². The van der Waals surface area contributed by atoms with Crippen molar-refractivity contribution < 1.29 is 14.7 Å². The van der Waals surface area contributed by atoms with Crippen LogP contribution in [0, 0.1) is 0 Å². The summed E-state index contributed by atoms with van der Waals surface area (Å²) in [5.41, 5.74) is 1.02. The summed E-state index contributed by atoms with van der Waals surface area (Å²) in [7, 11) is 0. The van der Waals surface area contributed by atoms with Crippen LogP contribution in [-0.4, -0.2) is 26.4 Å². The Bertz CT molecular complexity index is 573. The van der Waals surface area contributed by atoms with Gasteiger partial charge >= 0.3 is 5.97 Å². The standard InChI is InChI=1S/C12H10N2O3/c1-8(15)9-5-11(12(16)17)14(7-9)10-3-2-4-13-6-10/h2-7H,1H3,(H,16,17). The molecule has 5 nitrogen and oxygen atoms in total. The molecule has 0 bridgehead atoms. The molecule has 0 saturated carbocycles. The number of aromatic carboxylic acids is 1. The van der Waals surface area contributed by atoms with Gasteiger partial charge < -0.3 is 9.67 Å². The number of pyridine rings is 1. The largest absolute Gasteiger partial charge is 0.477 e. The highest BCUT2D eigenvalue weighted by Crippen LogP contribution is 2.15. The number of hydrogen-bond acceptors (Lipinski definition) is 3. The highest BCUT2D eigenvalue weighted by atomic mass is 16.4. The number of Topliss-reactive ketones (excluding diaryl/α,β-unsaturated/α-hetero) is 1. The Morgan fingerprint density at radius 3 is 2.71 bits per heavy atom. The molecule has 0 saturated heterocycles. The van der Waals surface area contributed by atoms with E-state index >= 15 is 0 Å². The third-order valence-electron chi connectivity index (χ3n) is 2.37. The Balaban J connectivity index is 2.60. The first kappa shape index (κ1) is 11.1. The molecule has 5 heteroatoms. The van der Waals surface area contributed by atoms with Gasteiger partial charge in [0, 0.05) is 18.0 Å². The second-order valence-electron chi connectivity index (χ2n) is 3.56. The van der Waals surface area contributed by atoms with Crippen molar-refractivity contribution in [2.75, 3.05) is 0 Å². The number of ketones is 1. The van der Waals surface area contributed by atoms with E-state index in [0.717, 1.165) is 0 Å². The summed E-state index contributed by atoms with van der Waals surface area (Å²) in [6, 6.07) is 4.79. The normalized spacial score (nSPS) is 10.2. The van der Waals surface area contributed by atoms with Crippen molar-refractivity contribution >= 4 is 11.8 Å². The molecular weight excluding hydrogens is 220 g/mol. The summed E-state index contributed by atoms with van der Waals surface area (Å²) in [5, 5.41) is 9.07. The van der Waals surface area contributed by atoms with Crippen molar-refractivity contribution in [3.8, 4) is 5.69 Å². The molecule has 17 heavy (non-hydrogen) atoms. The highest BCUT2D eigenvalue weighted by Gasteiger charge is 2.15. The third kappa shape index (κ3) is 2.08. The molecule has 0 aliphatic rings. The fourth-order valence-corrected chi connectivity index (χ4v) is 1.53. The number of hydrogen-bond donors (Lipinski definition) is 1. The second kappa shape index (κ2) is 4.21. The Hall–Kier alpha value is -2.43. The lowest BCUT2D eigenvalue weighted by molar-refractivity contribution is 0.0688. The quantitative estimate of drug-likeness (QED) is 0.815. The van der Waals surface area contributed by atoms with Crippen LogP contribution in [0.1, 0.15) is 27.8 Å². The van der Waals surface area contributed by atoms with E-state index in [9.17, 15) is 9.59 Å². The van der Waals surface area contributed by atoms with E-state index in [-0.39, 0.29) is 11.5 Å². The minimum absolute atomic E-state index is 0.0446. The Kier molecular flexibility index (Phi) is 2.74. The summed E-state index contributed by atoms with van der Waals surface area (Å²) in [6.07, 6.45) is 4.64. The van der Waals surface area contributed by atoms with Crippen LogP contribution < -0.4 is 0 Å². The smallest absolute Gasteiger partial charge is 0.352 e. The fraction of sp³-hybridized carbons (Fsp3) is 0.0833. The van der Waals surface area contributed by atoms with Crippen LogP contribution >= 0.6 is 0 Å². The molecule has 0 aliphatic heterocycles. The lowest BCUT2D eigenvalue weighted by Gasteiger charge is -2.04. The van der Waals surface area contributed by atoms with Gasteiger partial charge in [0.15, 0.2) is 5.78 Å². The van der Waals surface area contributed by atoms with Crippen LogP contribution in [0.2, 0.25) is 0 Å². The van der Waals surface area contributed by atoms with Crippen molar-refractivity contribution in [2.45, 2.75) is 6.92 Å². The number of carboxylic acids is 1. The molecule has 1 N–H and O–H groups in total. The van der Waals surface area contributed by atoms with E-state index in [1.54, 1.807) is 18.3 Å². The molecule has 0 aliphatic carbocycles. The number of carbonyl (C=O) groups is 2. The number of rotatable bonds is 3. The number of nitrogens with zero attached hydrogens (tertiary/aromatic N) is 2. The second-order valence-corrected chi connectivity index (χ2v) is 3.56. The minimum Gasteiger partial charge on any atom is -0.477 e. The molecule has 0 unspecified atom stereocenters. The highest BCUT2D eigenvalue weighted by molar-refractivity contribution is 5.97. The van der Waals surface area contributed by atoms with Crippen LogP contribution in [0.3, 0.4) is 0 Å². The van der Waals surface area contributed by atoms with E-state index in [0.29, 0.717) is 11.3 Å². The van der Waals surface area contributed by atoms with E-state index in [4.69, 9.17) is 5.11 Å². The Morgan fingerprint density at radius 2 is 2.18 bits per heavy atom. The Labute approximate surface area is 97.3 Å². The van der Waals surface area contributed by atoms with Crippen LogP contribution in [-0.2, 0) is 0 Å². The van der Waals surface area contributed by atoms with Crippen LogP contribution in [0.5, 0.6) is 0 Å². The van der Waals surface area contributed by atoms with Gasteiger partial charge in [-0.15, -0.1) is 0 Å². The van der Waals surface area contributed by atoms with Crippen LogP contribution in [0.4, 0.5) is 0 Å². The maximum Gasteiger partial charge on any atom is 0.352 e. The molecule has 86 valence electrons. The van der Waals surface area contributed by atoms with Gasteiger partial charge in [0.05, 0.1) is 11.9 Å². The summed E-state index contributed by atoms with van der Waals surface area (Å²) >= 11 is 0. The maximum atomic E-state index is 11.2. The summed E-state index contributed by atoms with van der Waals surface area (Å²) in [5.74, 6) is -1.25. The van der Waals surface area contributed by atoms with Gasteiger partial charge in [0.25, 0.3) is 0 Å². The molecule has 2 rings (SSSR count). The van der Waals surface area contributed by atoms with Crippen molar-refractivity contribution in [2.24, 2.45) is 0 Å². The molecule has 0 aromatic carbocycles. The summed E-state index contributed by atoms with van der Waals surface area (Å²) < 4.78 is 1.44. The molecule has 2 heterocycles. The summed E-state index contributed by atoms with van der Waals surface area (Å²) in [4.78, 5) is 26.2. The van der Waals surface area contributed by atoms with E-state index in [1.807, 2.05) is 0 Å². The topological polar surface area (TPSA) is 72.2 Å². The molecular formula is C12H10N2O3. The zero-order valence-corrected chi connectivity index (χ0v) is 9.12. The summed E-state index contributed by atoms with van der Waals surface area (Å²) in [6.45, 7) is 1.40. The average molecular weight is 230 g/mol. The van der Waals surface area contributed by atoms with Gasteiger partial charge in [-0.25, -0.2) is 4.79 Å². The van der Waals surface area contributed by atoms with Gasteiger partial charge in [-0.3, -0.25) is 9.78 Å². The SMILES string of the molecule is CC(=O)c1cc(C(=O)O)n(-c2cccnc2)c1. The van der Waals surface area contributed by atoms with Gasteiger partial charge in [0.2, 0.25) is 0 Å². The predicted octanol–water partition coefficient (Wildman–Crippen LogP) is 1.77. The van der Waals surface area contributed by atoms with Crippen molar-refractivity contribution in [1.82, 2.24) is 9.55 Å². The number of carbonyl (C=O) groups excluding carboxylic acids is 1. The first-order chi connectivity index (χ1) is 8.09. The molecule has 2 aromatic heterocycles. The van der Waals surface area contributed by atoms with Crippen LogP contribution in [0.25, 0.3) is 5.69 Å². The number of aromatic nitrogens is 2. The van der Waals surface area contributed by atoms with Crippen molar-refractivity contribution in [1.29, 1.82) is 0 Å². The first-order valence-corrected chi connectivity index (χ1v) is 4.96. The fourth-order valence-electron chi connectivity index (χ4n) is 1.53. The molecule has 0 spiro atoms. The molecule has 2 aromatic rings. The molecule has 0 amide bonds. The molecule has 0 atom stereocenters. The molecule has 0 radical (unpaired) electrons. The average Bonchev–Trinajstić information content (AvgIpc) is 2.75. The lowest BCUT2D eigenvalue weighted by Crippen LogP contribution is -2.05. The lowest BCUT2D eigenvalue weighted by atomic mass is 10.2. The first-order valence-electron chi connectivity index (χ1n) is 4.96. The third-order valence-corrected chi connectivity index (χ3v) is 2.37. The van der Waals surface area contributed by atoms with E-state index in [2.05, 4.69) is 4.98 Å². The van der Waals surface area contributed by atoms with Crippen LogP contribution in [0.15, 0.2) is 36.8 Å². The van der Waals surface area contributed by atoms with Crippen molar-refractivity contribution in [3.63, 3.8) is 0 Å². The zero-order valence-electron chi connectivity index (χ0n) is 9.12. The maximum absolute atomic E-state index is 11.2. The predicted molar refractivity (Wildman–Crippen MR) is 60.5 cm³/mol. The van der Waals surface area contributed by atoms with Gasteiger partial charge in [-0.1, -0.05) is 0 Å². The van der Waals surface area contributed by atoms with Gasteiger partial charge in [0.1, 0.15) is 5.69 Å². The van der Waals surface area contributed by atoms with Gasteiger partial charge in [-0.05, 0) is 25.1 Å². The molecule has 0 fully saturated rings. The van der Waals surface area contributed by atoms with Crippen molar-refractivity contribution in [3.05, 3.63) is 48.0 Å². The number of carboxylic acid groups (broad SMARTS) is 1. The van der Waals surface area contributed by atoms with Gasteiger partial charge in [-0.2, -0.15) is 0 Å². The monoisotopic (exact) mass is 230 g/mol. The zero-order chi connectivity index (χ0) is 12.4.